The summed E-state index contributed by atoms with van der Waals surface area (Å²) >= 11 is 0. The first kappa shape index (κ1) is 87.1. The molecule has 2 unspecified atom stereocenters. The van der Waals surface area contributed by atoms with Crippen LogP contribution in [-0.2, 0) is 65.4 Å². The smallest absolute Gasteiger partial charge is 0.462 e. The molecule has 0 fully saturated rings. The standard InChI is InChI=1S/C70H136O17P2/c1-7-9-11-13-14-15-16-17-18-19-20-21-22-23-24-25-26-27-30-36-42-48-54-69(74)87-66(59-81-68(73)53-47-41-35-31-28-29-33-39-44-50-62(3)4)61-85-89(78,79)83-57-64(71)56-82-88(76,77)84-60-65(58-80-67(72)52-46-38-12-10-8-2)86-70(75)55-49-43-37-32-34-40-45-51-63(5)6/h62-66,71H,7-61H2,1-6H3,(H,76,77)(H,78,79)/t64-,65+,66+/m0/s1. The summed E-state index contributed by atoms with van der Waals surface area (Å²) in [6.45, 7) is 9.36. The lowest BCUT2D eigenvalue weighted by Crippen LogP contribution is -2.30. The van der Waals surface area contributed by atoms with Crippen molar-refractivity contribution in [2.24, 2.45) is 11.8 Å². The fourth-order valence-corrected chi connectivity index (χ4v) is 12.2. The predicted octanol–water partition coefficient (Wildman–Crippen LogP) is 20.0. The van der Waals surface area contributed by atoms with Gasteiger partial charge in [-0.15, -0.1) is 0 Å². The zero-order valence-electron chi connectivity index (χ0n) is 57.7. The lowest BCUT2D eigenvalue weighted by atomic mass is 10.0. The summed E-state index contributed by atoms with van der Waals surface area (Å²) in [4.78, 5) is 72.2. The van der Waals surface area contributed by atoms with Crippen LogP contribution in [0.4, 0.5) is 0 Å². The normalized spacial score (nSPS) is 14.1. The van der Waals surface area contributed by atoms with Crippen LogP contribution in [0.15, 0.2) is 0 Å². The molecule has 0 radical (unpaired) electrons. The van der Waals surface area contributed by atoms with E-state index in [2.05, 4.69) is 41.5 Å². The summed E-state index contributed by atoms with van der Waals surface area (Å²) in [7, 11) is -9.89. The van der Waals surface area contributed by atoms with Crippen molar-refractivity contribution in [2.45, 2.75) is 374 Å². The minimum Gasteiger partial charge on any atom is -0.462 e. The lowest BCUT2D eigenvalue weighted by Gasteiger charge is -2.21. The molecule has 0 aromatic carbocycles. The summed E-state index contributed by atoms with van der Waals surface area (Å²) in [5.74, 6) is -0.701. The number of unbranched alkanes of at least 4 members (excludes halogenated alkanes) is 39. The third-order valence-corrected chi connectivity index (χ3v) is 18.1. The van der Waals surface area contributed by atoms with Crippen LogP contribution < -0.4 is 0 Å². The van der Waals surface area contributed by atoms with E-state index in [9.17, 15) is 43.2 Å². The van der Waals surface area contributed by atoms with Crippen molar-refractivity contribution >= 4 is 39.5 Å². The molecule has 0 heterocycles. The molecule has 5 atom stereocenters. The van der Waals surface area contributed by atoms with Crippen molar-refractivity contribution in [3.8, 4) is 0 Å². The Hall–Kier alpha value is -1.94. The van der Waals surface area contributed by atoms with Gasteiger partial charge in [-0.2, -0.15) is 0 Å². The number of phosphoric acid groups is 2. The first-order valence-corrected chi connectivity index (χ1v) is 39.5. The molecular formula is C70H136O17P2. The van der Waals surface area contributed by atoms with E-state index in [1.165, 1.54) is 167 Å². The van der Waals surface area contributed by atoms with E-state index in [4.69, 9.17) is 37.0 Å². The van der Waals surface area contributed by atoms with E-state index in [-0.39, 0.29) is 25.7 Å². The van der Waals surface area contributed by atoms with Gasteiger partial charge in [0, 0.05) is 25.7 Å². The van der Waals surface area contributed by atoms with E-state index in [1.54, 1.807) is 0 Å². The number of carbonyl (C=O) groups excluding carboxylic acids is 4. The summed E-state index contributed by atoms with van der Waals surface area (Å²) in [5, 5.41) is 10.5. The van der Waals surface area contributed by atoms with Gasteiger partial charge in [0.15, 0.2) is 12.2 Å². The molecule has 0 bridgehead atoms. The van der Waals surface area contributed by atoms with Gasteiger partial charge in [-0.05, 0) is 37.5 Å². The van der Waals surface area contributed by atoms with E-state index in [0.717, 1.165) is 102 Å². The molecule has 0 aromatic rings. The second-order valence-electron chi connectivity index (χ2n) is 26.2. The maximum absolute atomic E-state index is 13.0. The van der Waals surface area contributed by atoms with Crippen molar-refractivity contribution < 1.29 is 80.2 Å². The SMILES string of the molecule is CCCCCCCCCCCCCCCCCCCCCCCCC(=O)O[C@H](COC(=O)CCCCCCCCCCCC(C)C)COP(=O)(O)OC[C@@H](O)COP(=O)(O)OC[C@@H](COC(=O)CCCCCCC)OC(=O)CCCCCCCCCC(C)C. The number of rotatable bonds is 69. The molecule has 17 nitrogen and oxygen atoms in total. The second-order valence-corrected chi connectivity index (χ2v) is 29.1. The van der Waals surface area contributed by atoms with Gasteiger partial charge in [0.2, 0.25) is 0 Å². The summed E-state index contributed by atoms with van der Waals surface area (Å²) < 4.78 is 68.0. The number of carbonyl (C=O) groups is 4. The van der Waals surface area contributed by atoms with Crippen LogP contribution in [0.1, 0.15) is 356 Å². The fraction of sp³-hybridized carbons (Fsp3) is 0.943. The molecule has 89 heavy (non-hydrogen) atoms. The van der Waals surface area contributed by atoms with E-state index in [0.29, 0.717) is 31.6 Å². The Morgan fingerprint density at radius 3 is 0.764 bits per heavy atom. The molecule has 0 saturated carbocycles. The molecule has 0 aliphatic carbocycles. The van der Waals surface area contributed by atoms with Gasteiger partial charge in [-0.25, -0.2) is 9.13 Å². The Labute approximate surface area is 543 Å². The highest BCUT2D eigenvalue weighted by Crippen LogP contribution is 2.45. The number of esters is 4. The van der Waals surface area contributed by atoms with E-state index in [1.807, 2.05) is 0 Å². The van der Waals surface area contributed by atoms with Crippen molar-refractivity contribution in [3.05, 3.63) is 0 Å². The zero-order chi connectivity index (χ0) is 65.7. The molecule has 0 aromatic heterocycles. The van der Waals surface area contributed by atoms with Crippen LogP contribution in [-0.4, -0.2) is 96.7 Å². The summed E-state index contributed by atoms with van der Waals surface area (Å²) in [6.07, 6.45) is 48.0. The largest absolute Gasteiger partial charge is 0.472 e. The number of phosphoric ester groups is 2. The first-order chi connectivity index (χ1) is 42.9. The fourth-order valence-electron chi connectivity index (χ4n) is 10.6. The van der Waals surface area contributed by atoms with Crippen LogP contribution in [0.2, 0.25) is 0 Å². The van der Waals surface area contributed by atoms with Crippen LogP contribution in [0.3, 0.4) is 0 Å². The Bertz CT molecular complexity index is 1730. The highest BCUT2D eigenvalue weighted by atomic mass is 31.2. The van der Waals surface area contributed by atoms with Crippen LogP contribution in [0.5, 0.6) is 0 Å². The topological polar surface area (TPSA) is 237 Å². The van der Waals surface area contributed by atoms with Crippen LogP contribution >= 0.6 is 15.6 Å². The maximum atomic E-state index is 13.0. The van der Waals surface area contributed by atoms with Gasteiger partial charge < -0.3 is 33.8 Å². The number of hydrogen-bond acceptors (Lipinski definition) is 15. The summed E-state index contributed by atoms with van der Waals surface area (Å²) in [5.41, 5.74) is 0. The molecule has 0 saturated heterocycles. The monoisotopic (exact) mass is 1310 g/mol. The number of aliphatic hydroxyl groups excluding tert-OH is 1. The minimum atomic E-state index is -4.95. The van der Waals surface area contributed by atoms with Gasteiger partial charge in [-0.3, -0.25) is 37.3 Å². The Morgan fingerprint density at radius 2 is 0.517 bits per heavy atom. The van der Waals surface area contributed by atoms with E-state index < -0.39 is 97.5 Å². The average Bonchev–Trinajstić information content (AvgIpc) is 3.70. The highest BCUT2D eigenvalue weighted by Gasteiger charge is 2.30. The Kier molecular flexibility index (Phi) is 60.8. The lowest BCUT2D eigenvalue weighted by molar-refractivity contribution is -0.161. The van der Waals surface area contributed by atoms with Gasteiger partial charge in [-0.1, -0.05) is 305 Å². The van der Waals surface area contributed by atoms with Gasteiger partial charge >= 0.3 is 39.5 Å². The Balaban J connectivity index is 5.08. The molecule has 0 aliphatic rings. The molecule has 0 amide bonds. The quantitative estimate of drug-likeness (QED) is 0.0222. The van der Waals surface area contributed by atoms with Crippen molar-refractivity contribution in [1.82, 2.24) is 0 Å². The van der Waals surface area contributed by atoms with Crippen LogP contribution in [0, 0.1) is 11.8 Å². The Morgan fingerprint density at radius 1 is 0.303 bits per heavy atom. The summed E-state index contributed by atoms with van der Waals surface area (Å²) in [6, 6.07) is 0. The molecule has 3 N–H and O–H groups in total. The highest BCUT2D eigenvalue weighted by molar-refractivity contribution is 7.47. The number of hydrogen-bond donors (Lipinski definition) is 3. The van der Waals surface area contributed by atoms with Crippen molar-refractivity contribution in [3.63, 3.8) is 0 Å². The van der Waals surface area contributed by atoms with Crippen molar-refractivity contribution in [1.29, 1.82) is 0 Å². The minimum absolute atomic E-state index is 0.102. The van der Waals surface area contributed by atoms with Gasteiger partial charge in [0.1, 0.15) is 19.3 Å². The van der Waals surface area contributed by atoms with Crippen LogP contribution in [0.25, 0.3) is 0 Å². The molecule has 19 heteroatoms. The molecule has 528 valence electrons. The molecular weight excluding hydrogens is 1170 g/mol. The average molecular weight is 1310 g/mol. The first-order valence-electron chi connectivity index (χ1n) is 36.5. The molecule has 0 aliphatic heterocycles. The van der Waals surface area contributed by atoms with Gasteiger partial charge in [0.05, 0.1) is 26.4 Å². The third kappa shape index (κ3) is 64.6. The third-order valence-electron chi connectivity index (χ3n) is 16.2. The predicted molar refractivity (Wildman–Crippen MR) is 358 cm³/mol. The molecule has 0 spiro atoms. The second kappa shape index (κ2) is 62.2. The molecule has 0 rings (SSSR count). The van der Waals surface area contributed by atoms with Gasteiger partial charge in [0.25, 0.3) is 0 Å². The van der Waals surface area contributed by atoms with Crippen molar-refractivity contribution in [2.75, 3.05) is 39.6 Å². The zero-order valence-corrected chi connectivity index (χ0v) is 59.5. The number of aliphatic hydroxyl groups is 1. The maximum Gasteiger partial charge on any atom is 0.472 e. The number of ether oxygens (including phenoxy) is 4. The van der Waals surface area contributed by atoms with E-state index >= 15 is 0 Å².